The summed E-state index contributed by atoms with van der Waals surface area (Å²) in [5, 5.41) is 5.99. The Morgan fingerprint density at radius 1 is 0.780 bits per heavy atom. The van der Waals surface area contributed by atoms with E-state index in [1.165, 1.54) is 22.7 Å². The molecule has 1 heterocycles. The molecule has 10 heteroatoms. The van der Waals surface area contributed by atoms with Gasteiger partial charge in [-0.3, -0.25) is 24.1 Å². The van der Waals surface area contributed by atoms with Crippen molar-refractivity contribution in [2.45, 2.75) is 4.90 Å². The number of carbonyl (C=O) groups excluding carboxylic acids is 4. The number of rotatable bonds is 8. The Balaban J connectivity index is 1.28. The quantitative estimate of drug-likeness (QED) is 0.132. The number of halogens is 2. The van der Waals surface area contributed by atoms with Crippen LogP contribution in [0, 0.1) is 0 Å². The van der Waals surface area contributed by atoms with E-state index in [0.29, 0.717) is 33.0 Å². The predicted molar refractivity (Wildman–Crippen MR) is 161 cm³/mol. The second kappa shape index (κ2) is 12.4. The zero-order valence-electron chi connectivity index (χ0n) is 21.3. The van der Waals surface area contributed by atoms with Crippen molar-refractivity contribution < 1.29 is 19.2 Å². The van der Waals surface area contributed by atoms with Crippen LogP contribution in [0.2, 0.25) is 10.0 Å². The van der Waals surface area contributed by atoms with E-state index >= 15 is 0 Å². The molecule has 2 N–H and O–H groups in total. The van der Waals surface area contributed by atoms with Crippen LogP contribution in [0.1, 0.15) is 36.6 Å². The fraction of sp³-hybridized carbons (Fsp3) is 0.0323. The maximum atomic E-state index is 13.3. The minimum absolute atomic E-state index is 0.0351. The summed E-state index contributed by atoms with van der Waals surface area (Å²) in [6.45, 7) is 0. The number of carbonyl (C=O) groups is 4. The summed E-state index contributed by atoms with van der Waals surface area (Å²) in [5.41, 5.74) is 2.07. The van der Waals surface area contributed by atoms with Crippen LogP contribution in [0.25, 0.3) is 6.08 Å². The average molecular weight is 602 g/mol. The van der Waals surface area contributed by atoms with E-state index < -0.39 is 11.8 Å². The minimum Gasteiger partial charge on any atom is -0.321 e. The maximum absolute atomic E-state index is 13.3. The summed E-state index contributed by atoms with van der Waals surface area (Å²) in [4.78, 5) is 53.3. The number of thioether (sulfide) groups is 1. The number of hydrogen-bond acceptors (Lipinski definition) is 5. The van der Waals surface area contributed by atoms with E-state index in [1.54, 1.807) is 97.1 Å². The summed E-state index contributed by atoms with van der Waals surface area (Å²) in [5.74, 6) is -1.53. The normalized spacial score (nSPS) is 12.7. The summed E-state index contributed by atoms with van der Waals surface area (Å²) >= 11 is 13.8. The van der Waals surface area contributed by atoms with Crippen molar-refractivity contribution in [1.82, 2.24) is 10.2 Å². The molecule has 5 rings (SSSR count). The van der Waals surface area contributed by atoms with Gasteiger partial charge in [-0.1, -0.05) is 65.7 Å². The largest absolute Gasteiger partial charge is 0.321 e. The maximum Gasteiger partial charge on any atom is 0.272 e. The van der Waals surface area contributed by atoms with Gasteiger partial charge in [0.1, 0.15) is 5.70 Å². The van der Waals surface area contributed by atoms with Crippen molar-refractivity contribution in [3.63, 3.8) is 0 Å². The van der Waals surface area contributed by atoms with Gasteiger partial charge in [0, 0.05) is 16.1 Å². The van der Waals surface area contributed by atoms with Gasteiger partial charge < -0.3 is 10.6 Å². The van der Waals surface area contributed by atoms with Crippen LogP contribution >= 0.6 is 35.0 Å². The van der Waals surface area contributed by atoms with E-state index in [2.05, 4.69) is 10.6 Å². The predicted octanol–water partition coefficient (Wildman–Crippen LogP) is 6.75. The molecule has 0 radical (unpaired) electrons. The van der Waals surface area contributed by atoms with Crippen LogP contribution in [-0.4, -0.2) is 34.4 Å². The lowest BCUT2D eigenvalue weighted by Crippen LogP contribution is -2.30. The van der Waals surface area contributed by atoms with Crippen LogP contribution in [0.5, 0.6) is 0 Å². The Morgan fingerprint density at radius 2 is 1.41 bits per heavy atom. The summed E-state index contributed by atoms with van der Waals surface area (Å²) in [6, 6.07) is 27.1. The van der Waals surface area contributed by atoms with Crippen molar-refractivity contribution in [1.29, 1.82) is 0 Å². The second-order valence-electron chi connectivity index (χ2n) is 8.86. The van der Waals surface area contributed by atoms with Crippen molar-refractivity contribution in [2.24, 2.45) is 0 Å². The zero-order valence-corrected chi connectivity index (χ0v) is 23.6. The lowest BCUT2D eigenvalue weighted by atomic mass is 10.1. The molecule has 7 nitrogen and oxygen atoms in total. The number of amides is 4. The highest BCUT2D eigenvalue weighted by Crippen LogP contribution is 2.29. The molecule has 0 saturated heterocycles. The van der Waals surface area contributed by atoms with Gasteiger partial charge in [-0.15, -0.1) is 11.8 Å². The molecule has 0 fully saturated rings. The van der Waals surface area contributed by atoms with Crippen LogP contribution in [0.15, 0.2) is 108 Å². The highest BCUT2D eigenvalue weighted by molar-refractivity contribution is 7.99. The van der Waals surface area contributed by atoms with E-state index in [1.807, 2.05) is 0 Å². The molecule has 0 atom stereocenters. The summed E-state index contributed by atoms with van der Waals surface area (Å²) in [7, 11) is 0. The van der Waals surface area contributed by atoms with Gasteiger partial charge in [-0.2, -0.15) is 0 Å². The molecule has 4 amide bonds. The molecule has 0 aromatic heterocycles. The number of fused-ring (bicyclic) bond motifs is 1. The van der Waals surface area contributed by atoms with E-state index in [9.17, 15) is 19.2 Å². The van der Waals surface area contributed by atoms with Crippen molar-refractivity contribution in [2.75, 3.05) is 11.2 Å². The highest BCUT2D eigenvalue weighted by atomic mass is 35.5. The van der Waals surface area contributed by atoms with Crippen molar-refractivity contribution in [3.05, 3.63) is 135 Å². The first-order chi connectivity index (χ1) is 19.8. The third-order valence-corrected chi connectivity index (χ3v) is 7.99. The molecule has 0 spiro atoms. The fourth-order valence-corrected chi connectivity index (χ4v) is 5.26. The topological polar surface area (TPSA) is 95.6 Å². The fourth-order valence-electron chi connectivity index (χ4n) is 4.06. The van der Waals surface area contributed by atoms with Crippen LogP contribution < -0.4 is 10.6 Å². The minimum atomic E-state index is -0.572. The van der Waals surface area contributed by atoms with E-state index in [4.69, 9.17) is 23.2 Å². The Hall–Kier alpha value is -4.37. The van der Waals surface area contributed by atoms with Gasteiger partial charge in [0.15, 0.2) is 0 Å². The molecule has 1 aliphatic rings. The standard InChI is InChI=1S/C31H21Cl2N3O4S/c32-25-12-6-9-20(27(25)33)17-26(35-28(37)19-7-2-1-3-8-19)29(38)34-21-13-15-22(16-14-21)41-18-36-30(39)23-10-4-5-11-24(23)31(36)40/h1-17H,18H2,(H,34,38)(H,35,37)/b26-17-. The number of nitrogens with zero attached hydrogens (tertiary/aromatic N) is 1. The van der Waals surface area contributed by atoms with Gasteiger partial charge in [0.2, 0.25) is 0 Å². The van der Waals surface area contributed by atoms with E-state index in [0.717, 1.165) is 4.90 Å². The van der Waals surface area contributed by atoms with E-state index in [-0.39, 0.29) is 28.4 Å². The molecule has 0 unspecified atom stereocenters. The summed E-state index contributed by atoms with van der Waals surface area (Å²) in [6.07, 6.45) is 1.46. The first kappa shape index (κ1) is 28.2. The lowest BCUT2D eigenvalue weighted by molar-refractivity contribution is -0.113. The highest BCUT2D eigenvalue weighted by Gasteiger charge is 2.34. The molecule has 1 aliphatic heterocycles. The third-order valence-electron chi connectivity index (χ3n) is 6.16. The molecule has 41 heavy (non-hydrogen) atoms. The number of benzene rings is 4. The van der Waals surface area contributed by atoms with Gasteiger partial charge in [-0.05, 0) is 66.2 Å². The first-order valence-electron chi connectivity index (χ1n) is 12.3. The number of hydrogen-bond donors (Lipinski definition) is 2. The third kappa shape index (κ3) is 6.36. The molecular formula is C31H21Cl2N3O4S. The SMILES string of the molecule is O=C(Nc1ccc(SCN2C(=O)c3ccccc3C2=O)cc1)/C(=C/c1cccc(Cl)c1Cl)NC(=O)c1ccccc1. The van der Waals surface area contributed by atoms with Gasteiger partial charge in [0.05, 0.1) is 27.0 Å². The molecular weight excluding hydrogens is 581 g/mol. The molecule has 0 saturated carbocycles. The molecule has 204 valence electrons. The molecule has 0 aliphatic carbocycles. The number of nitrogens with one attached hydrogen (secondary N) is 2. The Labute approximate surface area is 250 Å². The smallest absolute Gasteiger partial charge is 0.272 e. The Kier molecular flexibility index (Phi) is 8.54. The molecule has 4 aromatic carbocycles. The molecule has 0 bridgehead atoms. The van der Waals surface area contributed by atoms with Crippen LogP contribution in [0.3, 0.4) is 0 Å². The van der Waals surface area contributed by atoms with Crippen molar-refractivity contribution >= 4 is 70.4 Å². The average Bonchev–Trinajstić information content (AvgIpc) is 3.23. The van der Waals surface area contributed by atoms with Gasteiger partial charge >= 0.3 is 0 Å². The van der Waals surface area contributed by atoms with Gasteiger partial charge in [0.25, 0.3) is 23.6 Å². The Bertz CT molecular complexity index is 1660. The molecule has 4 aromatic rings. The first-order valence-corrected chi connectivity index (χ1v) is 14.1. The van der Waals surface area contributed by atoms with Crippen molar-refractivity contribution in [3.8, 4) is 0 Å². The lowest BCUT2D eigenvalue weighted by Gasteiger charge is -2.14. The van der Waals surface area contributed by atoms with Crippen LogP contribution in [0.4, 0.5) is 5.69 Å². The second-order valence-corrected chi connectivity index (χ2v) is 10.7. The monoisotopic (exact) mass is 601 g/mol. The van der Waals surface area contributed by atoms with Crippen LogP contribution in [-0.2, 0) is 4.79 Å². The number of anilines is 1. The summed E-state index contributed by atoms with van der Waals surface area (Å²) < 4.78 is 0. The Morgan fingerprint density at radius 3 is 2.07 bits per heavy atom. The number of imide groups is 1. The zero-order chi connectivity index (χ0) is 28.9. The van der Waals surface area contributed by atoms with Gasteiger partial charge in [-0.25, -0.2) is 0 Å².